The molecule has 6 heteroatoms. The molecule has 2 unspecified atom stereocenters. The molecule has 2 nitrogen and oxygen atoms in total. The minimum atomic E-state index is -4.34. The van der Waals surface area contributed by atoms with E-state index in [4.69, 9.17) is 0 Å². The lowest BCUT2D eigenvalue weighted by atomic mass is 9.97. The molecule has 0 spiro atoms. The van der Waals surface area contributed by atoms with Gasteiger partial charge in [-0.05, 0) is 67.0 Å². The summed E-state index contributed by atoms with van der Waals surface area (Å²) in [5, 5.41) is 3.49. The van der Waals surface area contributed by atoms with Gasteiger partial charge in [0.1, 0.15) is 0 Å². The van der Waals surface area contributed by atoms with E-state index in [-0.39, 0.29) is 6.04 Å². The van der Waals surface area contributed by atoms with Gasteiger partial charge in [0.05, 0.1) is 6.04 Å². The summed E-state index contributed by atoms with van der Waals surface area (Å²) in [6, 6.07) is 7.86. The maximum absolute atomic E-state index is 12.9. The number of rotatable bonds is 10. The highest BCUT2D eigenvalue weighted by atomic mass is 32.2. The average Bonchev–Trinajstić information content (AvgIpc) is 3.20. The maximum atomic E-state index is 12.9. The first-order valence-corrected chi connectivity index (χ1v) is 13.9. The SMILES string of the molecule is C=C/C=C(\C=C)SNC1CC2=CC=CC(NC(=C)c3ccccc3/C(C)=C/C=C(\C)C(F)(F)F)C=C2C1.CC. The molecule has 0 bridgehead atoms. The molecule has 2 aliphatic carbocycles. The van der Waals surface area contributed by atoms with Crippen LogP contribution in [0.5, 0.6) is 0 Å². The molecule has 1 saturated carbocycles. The van der Waals surface area contributed by atoms with Crippen molar-refractivity contribution in [1.29, 1.82) is 0 Å². The molecular weight excluding hydrogens is 513 g/mol. The van der Waals surface area contributed by atoms with Gasteiger partial charge in [-0.1, -0.05) is 106 Å². The minimum absolute atomic E-state index is 0.0586. The number of hydrogen-bond acceptors (Lipinski definition) is 3. The van der Waals surface area contributed by atoms with Gasteiger partial charge in [-0.25, -0.2) is 0 Å². The van der Waals surface area contributed by atoms with Crippen LogP contribution in [0.2, 0.25) is 0 Å². The standard InChI is InChI=1S/C31H33F3N2S.C2H6/c1-6-11-28(7-2)37-36-27-18-24-12-10-13-26(19-25(24)20-27)35-23(5)30-15-9-8-14-29(30)21(3)16-17-22(4)31(32,33)34;1-2/h6-17,19,26-27,35-36H,1-2,5,18,20H2,3-4H3;1-2H3/b21-16+,22-17+,28-11+;. The van der Waals surface area contributed by atoms with E-state index in [9.17, 15) is 13.2 Å². The molecule has 2 atom stereocenters. The van der Waals surface area contributed by atoms with E-state index in [0.717, 1.165) is 47.4 Å². The van der Waals surface area contributed by atoms with Gasteiger partial charge < -0.3 is 5.32 Å². The Hall–Kier alpha value is -3.22. The molecule has 0 radical (unpaired) electrons. The summed E-state index contributed by atoms with van der Waals surface area (Å²) in [6.45, 7) is 18.7. The number of nitrogens with one attached hydrogen (secondary N) is 2. The third kappa shape index (κ3) is 9.48. The second-order valence-corrected chi connectivity index (χ2v) is 9.91. The summed E-state index contributed by atoms with van der Waals surface area (Å²) >= 11 is 1.56. The van der Waals surface area contributed by atoms with Crippen molar-refractivity contribution < 1.29 is 13.2 Å². The number of benzene rings is 1. The van der Waals surface area contributed by atoms with Crippen molar-refractivity contribution in [3.05, 3.63) is 131 Å². The lowest BCUT2D eigenvalue weighted by Crippen LogP contribution is -2.24. The third-order valence-corrected chi connectivity index (χ3v) is 7.21. The molecule has 3 rings (SSSR count). The van der Waals surface area contributed by atoms with Crippen molar-refractivity contribution in [2.45, 2.75) is 58.8 Å². The van der Waals surface area contributed by atoms with Gasteiger partial charge >= 0.3 is 6.18 Å². The molecule has 39 heavy (non-hydrogen) atoms. The fourth-order valence-corrected chi connectivity index (χ4v) is 4.88. The number of fused-ring (bicyclic) bond motifs is 1. The van der Waals surface area contributed by atoms with E-state index in [0.29, 0.717) is 11.7 Å². The summed E-state index contributed by atoms with van der Waals surface area (Å²) in [4.78, 5) is 1.02. The van der Waals surface area contributed by atoms with Crippen molar-refractivity contribution in [3.63, 3.8) is 0 Å². The van der Waals surface area contributed by atoms with Gasteiger partial charge in [-0.15, -0.1) is 0 Å². The van der Waals surface area contributed by atoms with Gasteiger partial charge in [0.25, 0.3) is 0 Å². The number of alkyl halides is 3. The highest BCUT2D eigenvalue weighted by molar-refractivity contribution is 8.01. The van der Waals surface area contributed by atoms with Crippen molar-refractivity contribution in [1.82, 2.24) is 10.0 Å². The zero-order chi connectivity index (χ0) is 29.0. The maximum Gasteiger partial charge on any atom is 0.412 e. The smallest absolute Gasteiger partial charge is 0.375 e. The van der Waals surface area contributed by atoms with Crippen LogP contribution in [0.3, 0.4) is 0 Å². The fraction of sp³-hybridized carbons (Fsp3) is 0.273. The van der Waals surface area contributed by atoms with Crippen LogP contribution in [0.15, 0.2) is 120 Å². The van der Waals surface area contributed by atoms with Crippen LogP contribution < -0.4 is 10.0 Å². The van der Waals surface area contributed by atoms with Crippen LogP contribution in [0.1, 0.15) is 51.7 Å². The molecule has 0 aromatic heterocycles. The second-order valence-electron chi connectivity index (χ2n) is 8.99. The van der Waals surface area contributed by atoms with E-state index in [1.165, 1.54) is 17.2 Å². The fourth-order valence-electron chi connectivity index (χ4n) is 4.17. The zero-order valence-corrected chi connectivity index (χ0v) is 24.1. The average molecular weight is 553 g/mol. The van der Waals surface area contributed by atoms with Gasteiger partial charge in [0, 0.05) is 27.8 Å². The largest absolute Gasteiger partial charge is 0.412 e. The van der Waals surface area contributed by atoms with E-state index in [2.05, 4.69) is 54.1 Å². The quantitative estimate of drug-likeness (QED) is 0.223. The van der Waals surface area contributed by atoms with Gasteiger partial charge in [0.15, 0.2) is 0 Å². The van der Waals surface area contributed by atoms with Crippen LogP contribution >= 0.6 is 11.9 Å². The van der Waals surface area contributed by atoms with E-state index in [1.807, 2.05) is 57.2 Å². The van der Waals surface area contributed by atoms with Crippen molar-refractivity contribution in [2.24, 2.45) is 0 Å². The third-order valence-electron chi connectivity index (χ3n) is 6.22. The van der Waals surface area contributed by atoms with E-state index >= 15 is 0 Å². The molecule has 2 N–H and O–H groups in total. The first-order valence-electron chi connectivity index (χ1n) is 13.1. The lowest BCUT2D eigenvalue weighted by Gasteiger charge is -2.19. The Morgan fingerprint density at radius 3 is 2.31 bits per heavy atom. The summed E-state index contributed by atoms with van der Waals surface area (Å²) in [7, 11) is 0. The van der Waals surface area contributed by atoms with Gasteiger partial charge in [-0.3, -0.25) is 4.72 Å². The van der Waals surface area contributed by atoms with Crippen LogP contribution in [0, 0.1) is 0 Å². The first-order chi connectivity index (χ1) is 18.6. The molecule has 1 aromatic rings. The topological polar surface area (TPSA) is 24.1 Å². The summed E-state index contributed by atoms with van der Waals surface area (Å²) in [5.74, 6) is 0. The zero-order valence-electron chi connectivity index (χ0n) is 23.2. The molecular formula is C33H39F3N2S. The normalized spacial score (nSPS) is 19.6. The minimum Gasteiger partial charge on any atom is -0.375 e. The Balaban J connectivity index is 0.00000260. The van der Waals surface area contributed by atoms with Crippen LogP contribution in [0.4, 0.5) is 13.2 Å². The van der Waals surface area contributed by atoms with Crippen LogP contribution in [-0.4, -0.2) is 18.3 Å². The van der Waals surface area contributed by atoms with E-state index in [1.54, 1.807) is 18.0 Å². The van der Waals surface area contributed by atoms with E-state index < -0.39 is 11.7 Å². The first kappa shape index (κ1) is 32.0. The van der Waals surface area contributed by atoms with Gasteiger partial charge in [0.2, 0.25) is 0 Å². The summed E-state index contributed by atoms with van der Waals surface area (Å²) in [5.41, 5.74) is 5.09. The van der Waals surface area contributed by atoms with Crippen LogP contribution in [0.25, 0.3) is 11.3 Å². The Bertz CT molecular complexity index is 1230. The van der Waals surface area contributed by atoms with Crippen molar-refractivity contribution >= 4 is 23.2 Å². The number of allylic oxidation sites excluding steroid dienone is 9. The Morgan fingerprint density at radius 1 is 1.00 bits per heavy atom. The molecule has 0 amide bonds. The molecule has 0 heterocycles. The molecule has 208 valence electrons. The number of hydrogen-bond donors (Lipinski definition) is 2. The Kier molecular flexibility index (Phi) is 12.6. The Labute approximate surface area is 236 Å². The summed E-state index contributed by atoms with van der Waals surface area (Å²) < 4.78 is 42.2. The Morgan fingerprint density at radius 2 is 1.67 bits per heavy atom. The number of halogens is 3. The molecule has 0 saturated heterocycles. The molecule has 1 fully saturated rings. The predicted octanol–water partition coefficient (Wildman–Crippen LogP) is 9.63. The molecule has 2 aliphatic rings. The van der Waals surface area contributed by atoms with Crippen LogP contribution in [-0.2, 0) is 0 Å². The second kappa shape index (κ2) is 15.4. The highest BCUT2D eigenvalue weighted by Gasteiger charge is 2.29. The highest BCUT2D eigenvalue weighted by Crippen LogP contribution is 2.35. The monoisotopic (exact) mass is 552 g/mol. The molecule has 0 aliphatic heterocycles. The predicted molar refractivity (Wildman–Crippen MR) is 165 cm³/mol. The molecule has 1 aromatic carbocycles. The lowest BCUT2D eigenvalue weighted by molar-refractivity contribution is -0.0912. The van der Waals surface area contributed by atoms with Crippen molar-refractivity contribution in [3.8, 4) is 0 Å². The van der Waals surface area contributed by atoms with Gasteiger partial charge in [-0.2, -0.15) is 13.2 Å². The summed E-state index contributed by atoms with van der Waals surface area (Å²) in [6.07, 6.45) is 14.1. The van der Waals surface area contributed by atoms with Crippen molar-refractivity contribution in [2.75, 3.05) is 0 Å².